The summed E-state index contributed by atoms with van der Waals surface area (Å²) in [5.41, 5.74) is 1.61. The van der Waals surface area contributed by atoms with Crippen molar-refractivity contribution >= 4 is 0 Å². The minimum Gasteiger partial charge on any atom is -0.495 e. The molecule has 0 saturated heterocycles. The van der Waals surface area contributed by atoms with E-state index in [0.717, 1.165) is 5.56 Å². The first-order valence-electron chi connectivity index (χ1n) is 5.65. The third-order valence-corrected chi connectivity index (χ3v) is 2.79. The van der Waals surface area contributed by atoms with Gasteiger partial charge in [-0.2, -0.15) is 15.8 Å². The second-order valence-corrected chi connectivity index (χ2v) is 3.94. The van der Waals surface area contributed by atoms with Gasteiger partial charge in [0, 0.05) is 6.54 Å². The Labute approximate surface area is 115 Å². The van der Waals surface area contributed by atoms with Crippen LogP contribution in [0.4, 0.5) is 0 Å². The summed E-state index contributed by atoms with van der Waals surface area (Å²) in [6.45, 7) is 0.375. The molecule has 0 aliphatic heterocycles. The number of hydrogen-bond acceptors (Lipinski definition) is 5. The van der Waals surface area contributed by atoms with Crippen LogP contribution in [0.2, 0.25) is 0 Å². The van der Waals surface area contributed by atoms with Crippen molar-refractivity contribution in [3.05, 3.63) is 47.0 Å². The average Bonchev–Trinajstić information content (AvgIpc) is 2.88. The van der Waals surface area contributed by atoms with Crippen LogP contribution in [-0.4, -0.2) is 16.7 Å². The molecule has 0 atom stereocenters. The smallest absolute Gasteiger partial charge is 0.176 e. The fourth-order valence-electron chi connectivity index (χ4n) is 1.82. The maximum absolute atomic E-state index is 9.05. The van der Waals surface area contributed by atoms with Crippen molar-refractivity contribution in [3.63, 3.8) is 0 Å². The Balaban J connectivity index is 2.37. The normalized spacial score (nSPS) is 9.30. The minimum absolute atomic E-state index is 0.105. The topological polar surface area (TPSA) is 98.4 Å². The van der Waals surface area contributed by atoms with Gasteiger partial charge in [-0.3, -0.25) is 0 Å². The summed E-state index contributed by atoms with van der Waals surface area (Å²) in [5, 5.41) is 26.8. The van der Waals surface area contributed by atoms with Crippen molar-refractivity contribution in [1.29, 1.82) is 15.8 Å². The standard InChI is InChI=1S/C14H9N5O/c1-20-14-4-10(2-3-11(14)5-15)8-19-9-18-12(6-16)13(19)7-17/h2-4,9H,8H2,1H3. The lowest BCUT2D eigenvalue weighted by atomic mass is 10.1. The number of aromatic nitrogens is 2. The number of hydrogen-bond donors (Lipinski definition) is 0. The predicted octanol–water partition coefficient (Wildman–Crippen LogP) is 1.56. The lowest BCUT2D eigenvalue weighted by Gasteiger charge is -2.07. The second-order valence-electron chi connectivity index (χ2n) is 3.94. The van der Waals surface area contributed by atoms with E-state index in [1.54, 1.807) is 22.8 Å². The van der Waals surface area contributed by atoms with Crippen LogP contribution >= 0.6 is 0 Å². The molecule has 0 N–H and O–H groups in total. The van der Waals surface area contributed by atoms with E-state index in [9.17, 15) is 0 Å². The summed E-state index contributed by atoms with van der Waals surface area (Å²) in [4.78, 5) is 3.87. The largest absolute Gasteiger partial charge is 0.495 e. The van der Waals surface area contributed by atoms with Gasteiger partial charge in [-0.25, -0.2) is 4.98 Å². The molecule has 20 heavy (non-hydrogen) atoms. The molecule has 2 rings (SSSR count). The fraction of sp³-hybridized carbons (Fsp3) is 0.143. The van der Waals surface area contributed by atoms with Crippen molar-refractivity contribution in [1.82, 2.24) is 9.55 Å². The molecule has 0 radical (unpaired) electrons. The van der Waals surface area contributed by atoms with Gasteiger partial charge in [-0.05, 0) is 17.7 Å². The van der Waals surface area contributed by atoms with Gasteiger partial charge in [0.05, 0.1) is 19.0 Å². The van der Waals surface area contributed by atoms with Gasteiger partial charge in [-0.1, -0.05) is 6.07 Å². The van der Waals surface area contributed by atoms with E-state index < -0.39 is 0 Å². The predicted molar refractivity (Wildman–Crippen MR) is 68.5 cm³/mol. The molecule has 96 valence electrons. The van der Waals surface area contributed by atoms with Crippen molar-refractivity contribution in [2.24, 2.45) is 0 Å². The quantitative estimate of drug-likeness (QED) is 0.836. The molecular formula is C14H9N5O. The third kappa shape index (κ3) is 2.29. The van der Waals surface area contributed by atoms with Crippen molar-refractivity contribution in [3.8, 4) is 24.0 Å². The van der Waals surface area contributed by atoms with Crippen molar-refractivity contribution in [2.45, 2.75) is 6.54 Å². The lowest BCUT2D eigenvalue weighted by Crippen LogP contribution is -2.02. The molecule has 6 heteroatoms. The van der Waals surface area contributed by atoms with Crippen LogP contribution in [0.25, 0.3) is 0 Å². The number of rotatable bonds is 3. The first-order chi connectivity index (χ1) is 9.73. The second kappa shape index (κ2) is 5.56. The van der Waals surface area contributed by atoms with E-state index in [1.165, 1.54) is 13.4 Å². The summed E-state index contributed by atoms with van der Waals surface area (Å²) in [5.74, 6) is 0.476. The van der Waals surface area contributed by atoms with Gasteiger partial charge in [0.15, 0.2) is 11.4 Å². The maximum Gasteiger partial charge on any atom is 0.176 e. The molecule has 0 saturated carbocycles. The molecule has 0 spiro atoms. The van der Waals surface area contributed by atoms with E-state index in [2.05, 4.69) is 4.98 Å². The van der Waals surface area contributed by atoms with E-state index >= 15 is 0 Å². The highest BCUT2D eigenvalue weighted by Gasteiger charge is 2.11. The number of imidazole rings is 1. The molecule has 6 nitrogen and oxygen atoms in total. The number of benzene rings is 1. The molecule has 0 unspecified atom stereocenters. The van der Waals surface area contributed by atoms with Gasteiger partial charge in [0.1, 0.15) is 24.0 Å². The average molecular weight is 263 g/mol. The zero-order valence-corrected chi connectivity index (χ0v) is 10.7. The van der Waals surface area contributed by atoms with Crippen LogP contribution in [0, 0.1) is 34.0 Å². The van der Waals surface area contributed by atoms with Gasteiger partial charge in [0.25, 0.3) is 0 Å². The number of nitrogens with zero attached hydrogens (tertiary/aromatic N) is 5. The van der Waals surface area contributed by atoms with Crippen LogP contribution in [0.15, 0.2) is 24.5 Å². The fourth-order valence-corrected chi connectivity index (χ4v) is 1.82. The summed E-state index contributed by atoms with van der Waals surface area (Å²) in [6.07, 6.45) is 1.45. The molecule has 0 fully saturated rings. The van der Waals surface area contributed by atoms with Crippen LogP contribution in [0.3, 0.4) is 0 Å². The Morgan fingerprint density at radius 2 is 2.00 bits per heavy atom. The molecule has 0 aliphatic carbocycles. The monoisotopic (exact) mass is 263 g/mol. The summed E-state index contributed by atoms with van der Waals surface area (Å²) in [7, 11) is 1.49. The van der Waals surface area contributed by atoms with Crippen LogP contribution in [0.5, 0.6) is 5.75 Å². The first kappa shape index (κ1) is 13.1. The summed E-state index contributed by atoms with van der Waals surface area (Å²) < 4.78 is 6.72. The third-order valence-electron chi connectivity index (χ3n) is 2.79. The highest BCUT2D eigenvalue weighted by Crippen LogP contribution is 2.20. The number of methoxy groups -OCH3 is 1. The SMILES string of the molecule is COc1cc(Cn2cnc(C#N)c2C#N)ccc1C#N. The summed E-state index contributed by atoms with van der Waals surface area (Å²) >= 11 is 0. The molecule has 1 aromatic heterocycles. The molecule has 2 aromatic rings. The zero-order valence-electron chi connectivity index (χ0n) is 10.7. The zero-order chi connectivity index (χ0) is 14.5. The van der Waals surface area contributed by atoms with E-state index in [-0.39, 0.29) is 11.4 Å². The Morgan fingerprint density at radius 3 is 2.60 bits per heavy atom. The Morgan fingerprint density at radius 1 is 1.20 bits per heavy atom. The van der Waals surface area contributed by atoms with Gasteiger partial charge >= 0.3 is 0 Å². The maximum atomic E-state index is 9.05. The lowest BCUT2D eigenvalue weighted by molar-refractivity contribution is 0.413. The first-order valence-corrected chi connectivity index (χ1v) is 5.65. The molecule has 1 aromatic carbocycles. The highest BCUT2D eigenvalue weighted by atomic mass is 16.5. The van der Waals surface area contributed by atoms with Crippen LogP contribution in [0.1, 0.15) is 22.5 Å². The molecule has 0 amide bonds. The minimum atomic E-state index is 0.105. The Hall–Kier alpha value is -3.30. The Kier molecular flexibility index (Phi) is 3.65. The van der Waals surface area contributed by atoms with E-state index in [1.807, 2.05) is 18.2 Å². The van der Waals surface area contributed by atoms with Crippen LogP contribution in [-0.2, 0) is 6.54 Å². The van der Waals surface area contributed by atoms with Crippen molar-refractivity contribution < 1.29 is 4.74 Å². The molecule has 0 bridgehead atoms. The Bertz CT molecular complexity index is 770. The van der Waals surface area contributed by atoms with Gasteiger partial charge < -0.3 is 9.30 Å². The molecule has 1 heterocycles. The van der Waals surface area contributed by atoms with Gasteiger partial charge in [0.2, 0.25) is 0 Å². The van der Waals surface area contributed by atoms with E-state index in [4.69, 9.17) is 20.5 Å². The van der Waals surface area contributed by atoms with E-state index in [0.29, 0.717) is 17.9 Å². The van der Waals surface area contributed by atoms with Crippen molar-refractivity contribution in [2.75, 3.05) is 7.11 Å². The number of nitriles is 3. The van der Waals surface area contributed by atoms with Crippen LogP contribution < -0.4 is 4.74 Å². The van der Waals surface area contributed by atoms with Gasteiger partial charge in [-0.15, -0.1) is 0 Å². The summed E-state index contributed by atoms with van der Waals surface area (Å²) in [6, 6.07) is 11.0. The molecular weight excluding hydrogens is 254 g/mol. The highest BCUT2D eigenvalue weighted by molar-refractivity contribution is 5.45. The number of ether oxygens (including phenoxy) is 1. The molecule has 0 aliphatic rings.